The van der Waals surface area contributed by atoms with Crippen LogP contribution in [0.5, 0.6) is 0 Å². The first-order valence-electron chi connectivity index (χ1n) is 8.73. The lowest BCUT2D eigenvalue weighted by atomic mass is 9.89. The van der Waals surface area contributed by atoms with Crippen LogP contribution in [0.1, 0.15) is 80.1 Å². The third-order valence-electron chi connectivity index (χ3n) is 4.90. The molecule has 0 radical (unpaired) electrons. The number of rotatable bonds is 12. The smallest absolute Gasteiger partial charge is 0.00205 e. The average Bonchev–Trinajstić information content (AvgIpc) is 2.41. The van der Waals surface area contributed by atoms with Crippen LogP contribution in [0.15, 0.2) is 0 Å². The highest BCUT2D eigenvalue weighted by Gasteiger charge is 2.14. The third-order valence-corrected chi connectivity index (χ3v) is 4.90. The molecule has 0 saturated heterocycles. The predicted molar refractivity (Wildman–Crippen MR) is 88.6 cm³/mol. The van der Waals surface area contributed by atoms with Crippen molar-refractivity contribution in [3.63, 3.8) is 0 Å². The molecule has 1 nitrogen and oxygen atoms in total. The molecule has 4 atom stereocenters. The first kappa shape index (κ1) is 19.0. The van der Waals surface area contributed by atoms with Gasteiger partial charge in [-0.2, -0.15) is 0 Å². The monoisotopic (exact) mass is 269 g/mol. The summed E-state index contributed by atoms with van der Waals surface area (Å²) >= 11 is 0. The fraction of sp³-hybridized carbons (Fsp3) is 1.00. The molecule has 116 valence electrons. The lowest BCUT2D eigenvalue weighted by Gasteiger charge is -2.24. The fourth-order valence-corrected chi connectivity index (χ4v) is 2.56. The first-order chi connectivity index (χ1) is 9.02. The Hall–Kier alpha value is -0.0400. The molecule has 4 unspecified atom stereocenters. The minimum Gasteiger partial charge on any atom is -0.316 e. The quantitative estimate of drug-likeness (QED) is 0.493. The van der Waals surface area contributed by atoms with Crippen LogP contribution in [0.3, 0.4) is 0 Å². The summed E-state index contributed by atoms with van der Waals surface area (Å²) in [6.45, 7) is 16.6. The molecule has 0 bridgehead atoms. The van der Waals surface area contributed by atoms with E-state index in [-0.39, 0.29) is 0 Å². The minimum atomic E-state index is 0.810. The van der Waals surface area contributed by atoms with Gasteiger partial charge >= 0.3 is 0 Å². The molecule has 19 heavy (non-hydrogen) atoms. The maximum atomic E-state index is 3.70. The Morgan fingerprint density at radius 2 is 1.00 bits per heavy atom. The van der Waals surface area contributed by atoms with E-state index in [4.69, 9.17) is 0 Å². The minimum absolute atomic E-state index is 0.810. The van der Waals surface area contributed by atoms with E-state index in [9.17, 15) is 0 Å². The summed E-state index contributed by atoms with van der Waals surface area (Å²) in [6, 6.07) is 0. The van der Waals surface area contributed by atoms with Crippen molar-refractivity contribution in [2.45, 2.75) is 80.1 Å². The molecule has 0 aliphatic carbocycles. The Morgan fingerprint density at radius 3 is 1.32 bits per heavy atom. The Kier molecular flexibility index (Phi) is 11.7. The lowest BCUT2D eigenvalue weighted by molar-refractivity contribution is 0.303. The van der Waals surface area contributed by atoms with Crippen LogP contribution < -0.4 is 5.32 Å². The van der Waals surface area contributed by atoms with Gasteiger partial charge in [0.05, 0.1) is 0 Å². The van der Waals surface area contributed by atoms with Crippen LogP contribution in [0.25, 0.3) is 0 Å². The van der Waals surface area contributed by atoms with Gasteiger partial charge in [-0.3, -0.25) is 0 Å². The molecule has 0 saturated carbocycles. The highest BCUT2D eigenvalue weighted by molar-refractivity contribution is 4.68. The van der Waals surface area contributed by atoms with E-state index in [1.807, 2.05) is 0 Å². The second-order valence-electron chi connectivity index (χ2n) is 6.85. The molecule has 0 aromatic heterocycles. The largest absolute Gasteiger partial charge is 0.316 e. The molecule has 0 rings (SSSR count). The van der Waals surface area contributed by atoms with Crippen LogP contribution in [0.2, 0.25) is 0 Å². The molecular weight excluding hydrogens is 230 g/mol. The Morgan fingerprint density at radius 1 is 0.632 bits per heavy atom. The second kappa shape index (κ2) is 11.8. The summed E-state index contributed by atoms with van der Waals surface area (Å²) in [6.07, 6.45) is 8.21. The van der Waals surface area contributed by atoms with Crippen molar-refractivity contribution in [1.82, 2.24) is 5.32 Å². The summed E-state index contributed by atoms with van der Waals surface area (Å²) < 4.78 is 0. The van der Waals surface area contributed by atoms with Crippen molar-refractivity contribution in [3.8, 4) is 0 Å². The molecule has 0 spiro atoms. The maximum absolute atomic E-state index is 3.70. The highest BCUT2D eigenvalue weighted by Crippen LogP contribution is 2.19. The van der Waals surface area contributed by atoms with Gasteiger partial charge in [-0.25, -0.2) is 0 Å². The second-order valence-corrected chi connectivity index (χ2v) is 6.85. The van der Waals surface area contributed by atoms with Crippen LogP contribution in [-0.4, -0.2) is 13.1 Å². The van der Waals surface area contributed by atoms with E-state index in [1.54, 1.807) is 0 Å². The number of hydrogen-bond donors (Lipinski definition) is 1. The maximum Gasteiger partial charge on any atom is -0.00205 e. The van der Waals surface area contributed by atoms with Gasteiger partial charge in [0.15, 0.2) is 0 Å². The summed E-state index contributed by atoms with van der Waals surface area (Å²) in [4.78, 5) is 0. The van der Waals surface area contributed by atoms with E-state index >= 15 is 0 Å². The van der Waals surface area contributed by atoms with E-state index < -0.39 is 0 Å². The van der Waals surface area contributed by atoms with Crippen molar-refractivity contribution in [2.24, 2.45) is 23.7 Å². The summed E-state index contributed by atoms with van der Waals surface area (Å²) in [7, 11) is 0. The lowest BCUT2D eigenvalue weighted by Crippen LogP contribution is -2.31. The SMILES string of the molecule is CCCCC(C)C(C)CNCC(C)C(C)CCCC. The van der Waals surface area contributed by atoms with Gasteiger partial charge < -0.3 is 5.32 Å². The zero-order valence-corrected chi connectivity index (χ0v) is 14.5. The molecule has 0 aromatic rings. The Balaban J connectivity index is 3.70. The molecule has 1 heteroatoms. The van der Waals surface area contributed by atoms with Gasteiger partial charge in [0.1, 0.15) is 0 Å². The van der Waals surface area contributed by atoms with E-state index in [1.165, 1.54) is 51.6 Å². The highest BCUT2D eigenvalue weighted by atomic mass is 14.9. The normalized spacial score (nSPS) is 18.0. The van der Waals surface area contributed by atoms with Crippen LogP contribution in [0, 0.1) is 23.7 Å². The topological polar surface area (TPSA) is 12.0 Å². The van der Waals surface area contributed by atoms with Crippen LogP contribution >= 0.6 is 0 Å². The Labute approximate surface area is 122 Å². The van der Waals surface area contributed by atoms with Gasteiger partial charge in [0.2, 0.25) is 0 Å². The summed E-state index contributed by atoms with van der Waals surface area (Å²) in [5, 5.41) is 3.70. The predicted octanol–water partition coefficient (Wildman–Crippen LogP) is 5.50. The first-order valence-corrected chi connectivity index (χ1v) is 8.73. The zero-order valence-electron chi connectivity index (χ0n) is 14.5. The van der Waals surface area contributed by atoms with Crippen LogP contribution in [-0.2, 0) is 0 Å². The molecule has 0 fully saturated rings. The standard InChI is InChI=1S/C18H39N/c1-7-9-11-15(3)17(5)13-19-14-18(6)16(4)12-10-8-2/h15-19H,7-14H2,1-6H3. The van der Waals surface area contributed by atoms with Gasteiger partial charge in [0.25, 0.3) is 0 Å². The van der Waals surface area contributed by atoms with Gasteiger partial charge in [-0.15, -0.1) is 0 Å². The van der Waals surface area contributed by atoms with Gasteiger partial charge in [0, 0.05) is 0 Å². The van der Waals surface area contributed by atoms with E-state index in [0.29, 0.717) is 0 Å². The van der Waals surface area contributed by atoms with Crippen LogP contribution in [0.4, 0.5) is 0 Å². The molecule has 0 amide bonds. The van der Waals surface area contributed by atoms with Gasteiger partial charge in [-0.1, -0.05) is 80.1 Å². The molecule has 0 heterocycles. The molecule has 1 N–H and O–H groups in total. The average molecular weight is 270 g/mol. The van der Waals surface area contributed by atoms with Crippen molar-refractivity contribution < 1.29 is 0 Å². The van der Waals surface area contributed by atoms with Crippen molar-refractivity contribution in [3.05, 3.63) is 0 Å². The van der Waals surface area contributed by atoms with E-state index in [2.05, 4.69) is 46.9 Å². The Bertz CT molecular complexity index is 170. The molecule has 0 aliphatic heterocycles. The van der Waals surface area contributed by atoms with Crippen molar-refractivity contribution in [2.75, 3.05) is 13.1 Å². The molecule has 0 aromatic carbocycles. The fourth-order valence-electron chi connectivity index (χ4n) is 2.56. The van der Waals surface area contributed by atoms with Crippen molar-refractivity contribution in [1.29, 1.82) is 0 Å². The molecule has 0 aliphatic rings. The number of unbranched alkanes of at least 4 members (excludes halogenated alkanes) is 2. The summed E-state index contributed by atoms with van der Waals surface area (Å²) in [5.41, 5.74) is 0. The zero-order chi connectivity index (χ0) is 14.7. The van der Waals surface area contributed by atoms with Crippen molar-refractivity contribution >= 4 is 0 Å². The number of nitrogens with one attached hydrogen (secondary N) is 1. The van der Waals surface area contributed by atoms with E-state index in [0.717, 1.165) is 23.7 Å². The van der Waals surface area contributed by atoms with Gasteiger partial charge in [-0.05, 0) is 36.8 Å². The summed E-state index contributed by atoms with van der Waals surface area (Å²) in [5.74, 6) is 3.34. The third kappa shape index (κ3) is 9.49. The number of hydrogen-bond acceptors (Lipinski definition) is 1. The molecular formula is C18H39N.